The van der Waals surface area contributed by atoms with Crippen molar-refractivity contribution < 1.29 is 9.84 Å². The van der Waals surface area contributed by atoms with E-state index < -0.39 is 6.10 Å². The summed E-state index contributed by atoms with van der Waals surface area (Å²) in [6.07, 6.45) is 0.962. The Morgan fingerprint density at radius 1 is 1.43 bits per heavy atom. The monoisotopic (exact) mass is 330 g/mol. The van der Waals surface area contributed by atoms with Crippen LogP contribution in [0.3, 0.4) is 0 Å². The Labute approximate surface area is 132 Å². The summed E-state index contributed by atoms with van der Waals surface area (Å²) in [7, 11) is 1.86. The fourth-order valence-electron chi connectivity index (χ4n) is 1.65. The van der Waals surface area contributed by atoms with E-state index in [1.807, 2.05) is 11.6 Å². The topological polar surface area (TPSA) is 72.2 Å². The molecule has 6 nitrogen and oxygen atoms in total. The first kappa shape index (κ1) is 16.0. The summed E-state index contributed by atoms with van der Waals surface area (Å²) in [5.74, 6) is 1.29. The van der Waals surface area contributed by atoms with Crippen molar-refractivity contribution in [2.45, 2.75) is 12.6 Å². The van der Waals surface area contributed by atoms with Crippen molar-refractivity contribution in [3.8, 4) is 5.75 Å². The molecule has 1 aromatic carbocycles. The van der Waals surface area contributed by atoms with E-state index in [0.29, 0.717) is 28.9 Å². The SMILES string of the molecule is Cn1cnnc1CNCC(O)COc1ccc(Cl)cc1Cl. The van der Waals surface area contributed by atoms with Gasteiger partial charge in [0, 0.05) is 18.6 Å². The van der Waals surface area contributed by atoms with E-state index in [2.05, 4.69) is 15.5 Å². The largest absolute Gasteiger partial charge is 0.489 e. The Hall–Kier alpha value is -1.34. The average Bonchev–Trinajstić information content (AvgIpc) is 2.83. The lowest BCUT2D eigenvalue weighted by Gasteiger charge is -2.14. The molecular weight excluding hydrogens is 315 g/mol. The van der Waals surface area contributed by atoms with Gasteiger partial charge in [-0.2, -0.15) is 0 Å². The molecule has 1 unspecified atom stereocenters. The van der Waals surface area contributed by atoms with Crippen LogP contribution in [-0.4, -0.2) is 39.1 Å². The Balaban J connectivity index is 1.72. The number of aromatic nitrogens is 3. The van der Waals surface area contributed by atoms with Crippen molar-refractivity contribution in [1.82, 2.24) is 20.1 Å². The maximum Gasteiger partial charge on any atom is 0.146 e. The molecule has 21 heavy (non-hydrogen) atoms. The Morgan fingerprint density at radius 2 is 2.24 bits per heavy atom. The van der Waals surface area contributed by atoms with E-state index in [1.165, 1.54) is 0 Å². The van der Waals surface area contributed by atoms with Gasteiger partial charge in [0.2, 0.25) is 0 Å². The van der Waals surface area contributed by atoms with Crippen LogP contribution in [-0.2, 0) is 13.6 Å². The fourth-order valence-corrected chi connectivity index (χ4v) is 2.12. The van der Waals surface area contributed by atoms with E-state index in [9.17, 15) is 5.11 Å². The molecule has 0 aliphatic rings. The minimum Gasteiger partial charge on any atom is -0.489 e. The number of ether oxygens (including phenoxy) is 1. The van der Waals surface area contributed by atoms with Gasteiger partial charge in [-0.3, -0.25) is 0 Å². The van der Waals surface area contributed by atoms with E-state index in [0.717, 1.165) is 5.82 Å². The van der Waals surface area contributed by atoms with Gasteiger partial charge in [-0.05, 0) is 18.2 Å². The number of nitrogens with zero attached hydrogens (tertiary/aromatic N) is 3. The molecule has 0 bridgehead atoms. The lowest BCUT2D eigenvalue weighted by Crippen LogP contribution is -2.31. The third kappa shape index (κ3) is 4.86. The molecule has 0 amide bonds. The summed E-state index contributed by atoms with van der Waals surface area (Å²) in [6, 6.07) is 4.95. The maximum atomic E-state index is 9.85. The zero-order valence-electron chi connectivity index (χ0n) is 11.5. The van der Waals surface area contributed by atoms with Gasteiger partial charge in [0.15, 0.2) is 0 Å². The van der Waals surface area contributed by atoms with Gasteiger partial charge in [-0.15, -0.1) is 10.2 Å². The molecule has 0 saturated carbocycles. The van der Waals surface area contributed by atoms with Crippen molar-refractivity contribution >= 4 is 23.2 Å². The highest BCUT2D eigenvalue weighted by Crippen LogP contribution is 2.27. The van der Waals surface area contributed by atoms with Crippen LogP contribution in [0.15, 0.2) is 24.5 Å². The summed E-state index contributed by atoms with van der Waals surface area (Å²) in [4.78, 5) is 0. The first-order valence-electron chi connectivity index (χ1n) is 6.35. The summed E-state index contributed by atoms with van der Waals surface area (Å²) in [5.41, 5.74) is 0. The number of aliphatic hydroxyl groups excluding tert-OH is 1. The number of benzene rings is 1. The van der Waals surface area contributed by atoms with Crippen molar-refractivity contribution in [2.24, 2.45) is 7.05 Å². The fraction of sp³-hybridized carbons (Fsp3) is 0.385. The molecule has 1 atom stereocenters. The molecule has 0 spiro atoms. The normalized spacial score (nSPS) is 12.4. The van der Waals surface area contributed by atoms with Crippen LogP contribution >= 0.6 is 23.2 Å². The Kier molecular flexibility index (Phi) is 5.81. The van der Waals surface area contributed by atoms with Gasteiger partial charge in [0.1, 0.15) is 30.6 Å². The minimum absolute atomic E-state index is 0.132. The summed E-state index contributed by atoms with van der Waals surface area (Å²) in [5, 5.41) is 21.6. The highest BCUT2D eigenvalue weighted by atomic mass is 35.5. The zero-order valence-corrected chi connectivity index (χ0v) is 13.0. The number of hydrogen-bond acceptors (Lipinski definition) is 5. The maximum absolute atomic E-state index is 9.85. The molecule has 1 aromatic heterocycles. The predicted molar refractivity (Wildman–Crippen MR) is 80.7 cm³/mol. The number of aliphatic hydroxyl groups is 1. The Bertz CT molecular complexity index is 591. The van der Waals surface area contributed by atoms with Gasteiger partial charge in [0.05, 0.1) is 11.6 Å². The standard InChI is InChI=1S/C13H16Cl2N4O2/c1-19-8-17-18-13(19)6-16-5-10(20)7-21-12-3-2-9(14)4-11(12)15/h2-4,8,10,16,20H,5-7H2,1H3. The van der Waals surface area contributed by atoms with Crippen LogP contribution < -0.4 is 10.1 Å². The summed E-state index contributed by atoms with van der Waals surface area (Å²) in [6.45, 7) is 1.03. The van der Waals surface area contributed by atoms with E-state index in [1.54, 1.807) is 24.5 Å². The summed E-state index contributed by atoms with van der Waals surface area (Å²) < 4.78 is 7.26. The molecule has 0 radical (unpaired) electrons. The number of nitrogens with one attached hydrogen (secondary N) is 1. The second kappa shape index (κ2) is 7.61. The molecule has 0 aliphatic heterocycles. The third-order valence-electron chi connectivity index (χ3n) is 2.79. The zero-order chi connectivity index (χ0) is 15.2. The third-order valence-corrected chi connectivity index (χ3v) is 3.32. The molecule has 114 valence electrons. The molecule has 0 aliphatic carbocycles. The van der Waals surface area contributed by atoms with E-state index >= 15 is 0 Å². The van der Waals surface area contributed by atoms with Crippen LogP contribution in [0.1, 0.15) is 5.82 Å². The highest BCUT2D eigenvalue weighted by Gasteiger charge is 2.08. The molecule has 0 saturated heterocycles. The second-order valence-corrected chi connectivity index (χ2v) is 5.37. The van der Waals surface area contributed by atoms with Crippen LogP contribution in [0.2, 0.25) is 10.0 Å². The highest BCUT2D eigenvalue weighted by molar-refractivity contribution is 6.35. The van der Waals surface area contributed by atoms with Crippen LogP contribution in [0.5, 0.6) is 5.75 Å². The van der Waals surface area contributed by atoms with Crippen LogP contribution in [0.25, 0.3) is 0 Å². The van der Waals surface area contributed by atoms with E-state index in [-0.39, 0.29) is 6.61 Å². The number of aryl methyl sites for hydroxylation is 1. The molecule has 0 fully saturated rings. The number of halogens is 2. The smallest absolute Gasteiger partial charge is 0.146 e. The van der Waals surface area contributed by atoms with Crippen LogP contribution in [0.4, 0.5) is 0 Å². The van der Waals surface area contributed by atoms with Gasteiger partial charge >= 0.3 is 0 Å². The molecule has 1 heterocycles. The van der Waals surface area contributed by atoms with Crippen molar-refractivity contribution in [3.63, 3.8) is 0 Å². The molecular formula is C13H16Cl2N4O2. The first-order chi connectivity index (χ1) is 10.1. The lowest BCUT2D eigenvalue weighted by molar-refractivity contribution is 0.106. The van der Waals surface area contributed by atoms with Gasteiger partial charge in [-0.25, -0.2) is 0 Å². The first-order valence-corrected chi connectivity index (χ1v) is 7.11. The second-order valence-electron chi connectivity index (χ2n) is 4.53. The van der Waals surface area contributed by atoms with Gasteiger partial charge < -0.3 is 19.7 Å². The Morgan fingerprint density at radius 3 is 2.90 bits per heavy atom. The predicted octanol–water partition coefficient (Wildman–Crippen LogP) is 1.65. The summed E-state index contributed by atoms with van der Waals surface area (Å²) >= 11 is 11.8. The molecule has 2 rings (SSSR count). The van der Waals surface area contributed by atoms with Gasteiger partial charge in [-0.1, -0.05) is 23.2 Å². The number of rotatable bonds is 7. The van der Waals surface area contributed by atoms with Gasteiger partial charge in [0.25, 0.3) is 0 Å². The van der Waals surface area contributed by atoms with Crippen molar-refractivity contribution in [3.05, 3.63) is 40.4 Å². The van der Waals surface area contributed by atoms with Crippen LogP contribution in [0, 0.1) is 0 Å². The molecule has 2 aromatic rings. The van der Waals surface area contributed by atoms with Crippen molar-refractivity contribution in [2.75, 3.05) is 13.2 Å². The van der Waals surface area contributed by atoms with E-state index in [4.69, 9.17) is 27.9 Å². The van der Waals surface area contributed by atoms with Crippen molar-refractivity contribution in [1.29, 1.82) is 0 Å². The molecule has 2 N–H and O–H groups in total. The lowest BCUT2D eigenvalue weighted by atomic mass is 10.3. The molecule has 8 heteroatoms. The minimum atomic E-state index is -0.662. The number of hydrogen-bond donors (Lipinski definition) is 2. The average molecular weight is 331 g/mol. The quantitative estimate of drug-likeness (QED) is 0.807.